The van der Waals surface area contributed by atoms with Crippen LogP contribution in [0, 0.1) is 7.27 Å². The molecule has 1 aromatic heterocycles. The number of benzene rings is 1. The van der Waals surface area contributed by atoms with E-state index >= 15 is 0 Å². The van der Waals surface area contributed by atoms with Gasteiger partial charge in [-0.05, 0) is 63.4 Å². The normalized spacial score (nSPS) is 10.5. The first-order chi connectivity index (χ1) is 6.66. The molecule has 1 heterocycles. The van der Waals surface area contributed by atoms with Crippen molar-refractivity contribution in [1.82, 2.24) is 15.0 Å². The summed E-state index contributed by atoms with van der Waals surface area (Å²) in [5.41, 5.74) is 0.904. The molecule has 1 aromatic carbocycles. The van der Waals surface area contributed by atoms with Gasteiger partial charge in [-0.2, -0.15) is 5.10 Å². The molecule has 0 N–H and O–H groups in total. The molecule has 14 heavy (non-hydrogen) atoms. The zero-order valence-corrected chi connectivity index (χ0v) is 11.9. The molecule has 0 saturated heterocycles. The second-order valence-electron chi connectivity index (χ2n) is 2.55. The van der Waals surface area contributed by atoms with Crippen molar-refractivity contribution in [2.75, 3.05) is 0 Å². The number of nitrogens with zero attached hydrogens (tertiary/aromatic N) is 3. The van der Waals surface area contributed by atoms with Crippen molar-refractivity contribution in [2.24, 2.45) is 0 Å². The lowest BCUT2D eigenvalue weighted by atomic mass is 10.3. The van der Waals surface area contributed by atoms with E-state index < -0.39 is 0 Å². The van der Waals surface area contributed by atoms with E-state index in [9.17, 15) is 0 Å². The fourth-order valence-corrected chi connectivity index (χ4v) is 2.05. The molecule has 0 bridgehead atoms. The minimum absolute atomic E-state index is 0.688. The van der Waals surface area contributed by atoms with Gasteiger partial charge >= 0.3 is 0 Å². The van der Waals surface area contributed by atoms with E-state index in [-0.39, 0.29) is 0 Å². The lowest BCUT2D eigenvalue weighted by Gasteiger charge is -2.02. The Morgan fingerprint density at radius 3 is 2.71 bits per heavy atom. The fourth-order valence-electron chi connectivity index (χ4n) is 1.000. The van der Waals surface area contributed by atoms with Crippen LogP contribution in [0.25, 0.3) is 5.69 Å². The number of hydrogen-bond acceptors (Lipinski definition) is 2. The molecule has 0 saturated carbocycles. The van der Waals surface area contributed by atoms with Crippen molar-refractivity contribution in [1.29, 1.82) is 0 Å². The first-order valence-corrected chi connectivity index (χ1v) is 6.23. The van der Waals surface area contributed by atoms with Crippen molar-refractivity contribution < 1.29 is 0 Å². The summed E-state index contributed by atoms with van der Waals surface area (Å²) in [6.07, 6.45) is 1.71. The van der Waals surface area contributed by atoms with Gasteiger partial charge in [0.1, 0.15) is 9.39 Å². The Hall–Kier alpha value is 0.110. The summed E-state index contributed by atoms with van der Waals surface area (Å²) in [7, 11) is 0. The lowest BCUT2D eigenvalue weighted by molar-refractivity contribution is 0.744. The van der Waals surface area contributed by atoms with Crippen LogP contribution in [0.4, 0.5) is 0 Å². The zero-order chi connectivity index (χ0) is 10.1. The van der Waals surface area contributed by atoms with Crippen LogP contribution in [0.3, 0.4) is 0 Å². The molecule has 0 aliphatic carbocycles. The molecule has 0 amide bonds. The van der Waals surface area contributed by atoms with Crippen LogP contribution in [0.15, 0.2) is 24.4 Å². The minimum Gasteiger partial charge on any atom is -0.156 e. The molecule has 0 aliphatic heterocycles. The summed E-state index contributed by atoms with van der Waals surface area (Å²) < 4.78 is 1.93. The predicted molar refractivity (Wildman–Crippen MR) is 71.8 cm³/mol. The van der Waals surface area contributed by atoms with Gasteiger partial charge in [-0.3, -0.25) is 0 Å². The SMILES string of the molecule is Clc1ccc(I)c(-n2ncc(I)n2)c1. The molecule has 0 spiro atoms. The maximum atomic E-state index is 5.90. The van der Waals surface area contributed by atoms with Gasteiger partial charge in [-0.1, -0.05) is 11.6 Å². The lowest BCUT2D eigenvalue weighted by Crippen LogP contribution is -2.01. The molecule has 72 valence electrons. The number of aromatic nitrogens is 3. The molecular weight excluding hydrogens is 427 g/mol. The largest absolute Gasteiger partial charge is 0.156 e. The van der Waals surface area contributed by atoms with Gasteiger partial charge in [0, 0.05) is 8.59 Å². The first kappa shape index (κ1) is 10.6. The fraction of sp³-hybridized carbons (Fsp3) is 0. The van der Waals surface area contributed by atoms with Crippen molar-refractivity contribution in [2.45, 2.75) is 0 Å². The summed E-state index contributed by atoms with van der Waals surface area (Å²) in [4.78, 5) is 1.58. The Morgan fingerprint density at radius 2 is 2.07 bits per heavy atom. The van der Waals surface area contributed by atoms with Crippen LogP contribution >= 0.6 is 56.8 Å². The van der Waals surface area contributed by atoms with Crippen molar-refractivity contribution in [3.63, 3.8) is 0 Å². The van der Waals surface area contributed by atoms with E-state index in [2.05, 4.69) is 55.4 Å². The second-order valence-corrected chi connectivity index (χ2v) is 5.26. The van der Waals surface area contributed by atoms with Crippen molar-refractivity contribution in [3.05, 3.63) is 36.7 Å². The quantitative estimate of drug-likeness (QED) is 0.650. The van der Waals surface area contributed by atoms with Gasteiger partial charge in [0.05, 0.1) is 6.20 Å². The first-order valence-electron chi connectivity index (χ1n) is 3.70. The highest BCUT2D eigenvalue weighted by molar-refractivity contribution is 14.1. The Morgan fingerprint density at radius 1 is 1.29 bits per heavy atom. The number of halogens is 3. The molecule has 2 rings (SSSR count). The number of rotatable bonds is 1. The maximum Gasteiger partial charge on any atom is 0.143 e. The third-order valence-electron chi connectivity index (χ3n) is 1.59. The monoisotopic (exact) mass is 431 g/mol. The van der Waals surface area contributed by atoms with Crippen LogP contribution in [0.2, 0.25) is 5.02 Å². The molecular formula is C8H4ClI2N3. The van der Waals surface area contributed by atoms with Crippen LogP contribution < -0.4 is 0 Å². The molecule has 0 atom stereocenters. The summed E-state index contributed by atoms with van der Waals surface area (Å²) in [5.74, 6) is 0. The molecule has 6 heteroatoms. The van der Waals surface area contributed by atoms with Gasteiger partial charge in [0.15, 0.2) is 0 Å². The average Bonchev–Trinajstić information content (AvgIpc) is 2.56. The summed E-state index contributed by atoms with van der Waals surface area (Å²) in [5, 5.41) is 9.02. The molecule has 0 radical (unpaired) electrons. The van der Waals surface area contributed by atoms with E-state index in [0.29, 0.717) is 5.02 Å². The minimum atomic E-state index is 0.688. The summed E-state index contributed by atoms with van der Waals surface area (Å²) in [6, 6.07) is 5.63. The average molecular weight is 431 g/mol. The summed E-state index contributed by atoms with van der Waals surface area (Å²) >= 11 is 10.2. The predicted octanol–water partition coefficient (Wildman–Crippen LogP) is 3.13. The van der Waals surface area contributed by atoms with Gasteiger partial charge in [-0.15, -0.1) is 9.90 Å². The van der Waals surface area contributed by atoms with Crippen LogP contribution in [0.5, 0.6) is 0 Å². The van der Waals surface area contributed by atoms with E-state index in [1.807, 2.05) is 18.2 Å². The van der Waals surface area contributed by atoms with E-state index in [0.717, 1.165) is 13.0 Å². The Bertz CT molecular complexity index is 469. The second kappa shape index (κ2) is 4.31. The van der Waals surface area contributed by atoms with Crippen molar-refractivity contribution in [3.8, 4) is 5.69 Å². The maximum absolute atomic E-state index is 5.90. The smallest absolute Gasteiger partial charge is 0.143 e. The van der Waals surface area contributed by atoms with Gasteiger partial charge < -0.3 is 0 Å². The zero-order valence-electron chi connectivity index (χ0n) is 6.78. The molecule has 0 aliphatic rings. The van der Waals surface area contributed by atoms with Crippen LogP contribution in [-0.2, 0) is 0 Å². The third-order valence-corrected chi connectivity index (χ3v) is 3.23. The molecule has 0 fully saturated rings. The number of hydrogen-bond donors (Lipinski definition) is 0. The molecule has 3 nitrogen and oxygen atoms in total. The van der Waals surface area contributed by atoms with E-state index in [1.54, 1.807) is 11.0 Å². The van der Waals surface area contributed by atoms with Crippen LogP contribution in [0.1, 0.15) is 0 Å². The van der Waals surface area contributed by atoms with Gasteiger partial charge in [-0.25, -0.2) is 0 Å². The highest BCUT2D eigenvalue weighted by atomic mass is 127. The van der Waals surface area contributed by atoms with Crippen LogP contribution in [-0.4, -0.2) is 15.0 Å². The van der Waals surface area contributed by atoms with Gasteiger partial charge in [0.25, 0.3) is 0 Å². The van der Waals surface area contributed by atoms with Gasteiger partial charge in [0.2, 0.25) is 0 Å². The topological polar surface area (TPSA) is 30.7 Å². The molecule has 0 unspecified atom stereocenters. The Balaban J connectivity index is 2.55. The molecule has 2 aromatic rings. The third kappa shape index (κ3) is 2.19. The summed E-state index contributed by atoms with van der Waals surface area (Å²) in [6.45, 7) is 0. The Kier molecular flexibility index (Phi) is 3.27. The van der Waals surface area contributed by atoms with E-state index in [1.165, 1.54) is 0 Å². The van der Waals surface area contributed by atoms with Crippen molar-refractivity contribution >= 4 is 56.8 Å². The standard InChI is InChI=1S/C8H4ClI2N3/c9-5-1-2-6(10)7(3-5)14-12-4-8(11)13-14/h1-4H. The highest BCUT2D eigenvalue weighted by Gasteiger charge is 2.05. The Labute approximate surface area is 113 Å². The van der Waals surface area contributed by atoms with E-state index in [4.69, 9.17) is 11.6 Å². The highest BCUT2D eigenvalue weighted by Crippen LogP contribution is 2.20.